The first-order chi connectivity index (χ1) is 8.18. The van der Waals surface area contributed by atoms with Crippen LogP contribution in [0.3, 0.4) is 0 Å². The minimum absolute atomic E-state index is 0.425. The van der Waals surface area contributed by atoms with E-state index in [9.17, 15) is 0 Å². The summed E-state index contributed by atoms with van der Waals surface area (Å²) in [6.45, 7) is 4.29. The molecule has 0 atom stereocenters. The lowest BCUT2D eigenvalue weighted by Gasteiger charge is -2.11. The van der Waals surface area contributed by atoms with Gasteiger partial charge in [-0.1, -0.05) is 11.8 Å². The lowest BCUT2D eigenvalue weighted by atomic mass is 10.4. The van der Waals surface area contributed by atoms with Crippen LogP contribution in [0.4, 0.5) is 5.69 Å². The van der Waals surface area contributed by atoms with Gasteiger partial charge in [0.05, 0.1) is 12.0 Å². The van der Waals surface area contributed by atoms with Crippen molar-refractivity contribution in [3.8, 4) is 0 Å². The molecule has 2 aromatic rings. The number of nitrogens with two attached hydrogens (primary N) is 1. The van der Waals surface area contributed by atoms with Crippen molar-refractivity contribution in [2.45, 2.75) is 30.7 Å². The van der Waals surface area contributed by atoms with Crippen LogP contribution in [0.1, 0.15) is 25.6 Å². The van der Waals surface area contributed by atoms with E-state index in [1.807, 2.05) is 24.7 Å². The fraction of sp³-hybridized carbons (Fsp3) is 0.333. The molecule has 2 heterocycles. The maximum absolute atomic E-state index is 5.85. The van der Waals surface area contributed by atoms with Crippen LogP contribution >= 0.6 is 11.8 Å². The zero-order chi connectivity index (χ0) is 12.3. The number of nitrogens with zero attached hydrogens (tertiary/aromatic N) is 3. The Kier molecular flexibility index (Phi) is 3.68. The van der Waals surface area contributed by atoms with Crippen LogP contribution < -0.4 is 5.73 Å². The number of anilines is 1. The highest BCUT2D eigenvalue weighted by atomic mass is 32.2. The number of rotatable bonds is 4. The van der Waals surface area contributed by atoms with E-state index in [1.165, 1.54) is 5.69 Å². The van der Waals surface area contributed by atoms with Gasteiger partial charge >= 0.3 is 0 Å². The van der Waals surface area contributed by atoms with Crippen LogP contribution in [-0.2, 0) is 5.75 Å². The van der Waals surface area contributed by atoms with Crippen molar-refractivity contribution >= 4 is 17.4 Å². The molecule has 0 fully saturated rings. The third-order valence-electron chi connectivity index (χ3n) is 2.46. The molecule has 5 heteroatoms. The number of nitrogen functional groups attached to an aromatic ring is 1. The third kappa shape index (κ3) is 2.79. The first-order valence-corrected chi connectivity index (χ1v) is 6.51. The Morgan fingerprint density at radius 2 is 2.29 bits per heavy atom. The van der Waals surface area contributed by atoms with Gasteiger partial charge in [-0.3, -0.25) is 0 Å². The summed E-state index contributed by atoms with van der Waals surface area (Å²) >= 11 is 1.64. The third-order valence-corrected chi connectivity index (χ3v) is 3.51. The van der Waals surface area contributed by atoms with Gasteiger partial charge in [-0.25, -0.2) is 9.97 Å². The second-order valence-electron chi connectivity index (χ2n) is 4.07. The molecule has 0 aromatic carbocycles. The Labute approximate surface area is 105 Å². The summed E-state index contributed by atoms with van der Waals surface area (Å²) < 4.78 is 2.16. The van der Waals surface area contributed by atoms with Crippen LogP contribution in [0.2, 0.25) is 0 Å². The molecule has 0 aliphatic carbocycles. The summed E-state index contributed by atoms with van der Waals surface area (Å²) in [6.07, 6.45) is 5.52. The van der Waals surface area contributed by atoms with Gasteiger partial charge < -0.3 is 10.3 Å². The van der Waals surface area contributed by atoms with Gasteiger partial charge in [-0.2, -0.15) is 0 Å². The van der Waals surface area contributed by atoms with Crippen LogP contribution in [0.5, 0.6) is 0 Å². The minimum atomic E-state index is 0.425. The van der Waals surface area contributed by atoms with Crippen molar-refractivity contribution in [1.82, 2.24) is 14.5 Å². The number of pyridine rings is 1. The molecular formula is C12H16N4S. The quantitative estimate of drug-likeness (QED) is 0.845. The van der Waals surface area contributed by atoms with E-state index in [1.54, 1.807) is 18.0 Å². The Morgan fingerprint density at radius 1 is 1.47 bits per heavy atom. The topological polar surface area (TPSA) is 56.7 Å². The molecule has 0 amide bonds. The molecule has 0 bridgehead atoms. The monoisotopic (exact) mass is 248 g/mol. The van der Waals surface area contributed by atoms with E-state index >= 15 is 0 Å². The number of hydrogen-bond acceptors (Lipinski definition) is 4. The maximum atomic E-state index is 5.85. The Balaban J connectivity index is 2.08. The van der Waals surface area contributed by atoms with Gasteiger partial charge in [-0.05, 0) is 26.0 Å². The zero-order valence-electron chi connectivity index (χ0n) is 10.00. The van der Waals surface area contributed by atoms with Crippen molar-refractivity contribution in [2.75, 3.05) is 5.73 Å². The van der Waals surface area contributed by atoms with Gasteiger partial charge in [0, 0.05) is 29.9 Å². The summed E-state index contributed by atoms with van der Waals surface area (Å²) in [5.74, 6) is 0.833. The summed E-state index contributed by atoms with van der Waals surface area (Å²) in [5, 5.41) is 0.879. The summed E-state index contributed by atoms with van der Waals surface area (Å²) in [7, 11) is 0. The predicted molar refractivity (Wildman–Crippen MR) is 70.8 cm³/mol. The molecule has 0 spiro atoms. The van der Waals surface area contributed by atoms with Crippen LogP contribution in [0.15, 0.2) is 35.9 Å². The molecule has 0 aliphatic heterocycles. The smallest absolute Gasteiger partial charge is 0.119 e. The average Bonchev–Trinajstić information content (AvgIpc) is 2.76. The summed E-state index contributed by atoms with van der Waals surface area (Å²) in [5.41, 5.74) is 7.77. The highest BCUT2D eigenvalue weighted by Crippen LogP contribution is 2.26. The van der Waals surface area contributed by atoms with Crippen molar-refractivity contribution in [3.63, 3.8) is 0 Å². The van der Waals surface area contributed by atoms with E-state index in [0.29, 0.717) is 6.04 Å². The van der Waals surface area contributed by atoms with Gasteiger partial charge in [0.1, 0.15) is 5.03 Å². The van der Waals surface area contributed by atoms with Crippen molar-refractivity contribution in [3.05, 3.63) is 36.5 Å². The highest BCUT2D eigenvalue weighted by Gasteiger charge is 2.07. The molecule has 4 nitrogen and oxygen atoms in total. The first kappa shape index (κ1) is 12.0. The summed E-state index contributed by atoms with van der Waals surface area (Å²) in [6, 6.07) is 4.14. The maximum Gasteiger partial charge on any atom is 0.119 e. The molecule has 2 aromatic heterocycles. The van der Waals surface area contributed by atoms with Gasteiger partial charge in [0.25, 0.3) is 0 Å². The van der Waals surface area contributed by atoms with Crippen LogP contribution in [0.25, 0.3) is 0 Å². The van der Waals surface area contributed by atoms with Gasteiger partial charge in [0.15, 0.2) is 0 Å². The van der Waals surface area contributed by atoms with Crippen molar-refractivity contribution in [1.29, 1.82) is 0 Å². The molecule has 17 heavy (non-hydrogen) atoms. The SMILES string of the molecule is CC(C)n1cncc1CSc1ncccc1N. The van der Waals surface area contributed by atoms with Gasteiger partial charge in [-0.15, -0.1) is 0 Å². The molecule has 90 valence electrons. The molecule has 0 radical (unpaired) electrons. The average molecular weight is 248 g/mol. The fourth-order valence-corrected chi connectivity index (χ4v) is 2.45. The Hall–Kier alpha value is -1.49. The fourth-order valence-electron chi connectivity index (χ4n) is 1.57. The lowest BCUT2D eigenvalue weighted by molar-refractivity contribution is 0.584. The van der Waals surface area contributed by atoms with E-state index in [4.69, 9.17) is 5.73 Å². The second-order valence-corrected chi connectivity index (χ2v) is 5.04. The molecule has 2 rings (SSSR count). The molecule has 0 saturated heterocycles. The van der Waals surface area contributed by atoms with E-state index in [0.717, 1.165) is 16.5 Å². The van der Waals surface area contributed by atoms with E-state index < -0.39 is 0 Å². The Morgan fingerprint density at radius 3 is 3.00 bits per heavy atom. The normalized spacial score (nSPS) is 11.0. The molecule has 0 unspecified atom stereocenters. The molecule has 2 N–H and O–H groups in total. The highest BCUT2D eigenvalue weighted by molar-refractivity contribution is 7.98. The summed E-state index contributed by atoms with van der Waals surface area (Å²) in [4.78, 5) is 8.44. The number of hydrogen-bond donors (Lipinski definition) is 1. The Bertz CT molecular complexity index is 493. The predicted octanol–water partition coefficient (Wildman–Crippen LogP) is 2.73. The standard InChI is InChI=1S/C12H16N4S/c1-9(2)16-8-14-6-10(16)7-17-12-11(13)4-3-5-15-12/h3-6,8-9H,7,13H2,1-2H3. The molecule has 0 aliphatic rings. The number of aromatic nitrogens is 3. The van der Waals surface area contributed by atoms with Crippen molar-refractivity contribution < 1.29 is 0 Å². The van der Waals surface area contributed by atoms with Crippen LogP contribution in [0, 0.1) is 0 Å². The van der Waals surface area contributed by atoms with E-state index in [2.05, 4.69) is 28.4 Å². The first-order valence-electron chi connectivity index (χ1n) is 5.52. The number of thioether (sulfide) groups is 1. The minimum Gasteiger partial charge on any atom is -0.397 e. The largest absolute Gasteiger partial charge is 0.397 e. The second kappa shape index (κ2) is 5.23. The van der Waals surface area contributed by atoms with E-state index in [-0.39, 0.29) is 0 Å². The van der Waals surface area contributed by atoms with Crippen molar-refractivity contribution in [2.24, 2.45) is 0 Å². The molecule has 0 saturated carbocycles. The lowest BCUT2D eigenvalue weighted by Crippen LogP contribution is -2.03. The van der Waals surface area contributed by atoms with Crippen LogP contribution in [-0.4, -0.2) is 14.5 Å². The molecular weight excluding hydrogens is 232 g/mol. The van der Waals surface area contributed by atoms with Gasteiger partial charge in [0.2, 0.25) is 0 Å². The zero-order valence-corrected chi connectivity index (χ0v) is 10.8. The number of imidazole rings is 1.